The SMILES string of the molecule is CCNc1nc(N(C)C)nc(N2CCCCCC2CC)n1. The smallest absolute Gasteiger partial charge is 0.232 e. The summed E-state index contributed by atoms with van der Waals surface area (Å²) >= 11 is 0. The molecule has 1 aromatic rings. The number of nitrogens with zero attached hydrogens (tertiary/aromatic N) is 5. The van der Waals surface area contributed by atoms with E-state index in [0.717, 1.165) is 31.4 Å². The topological polar surface area (TPSA) is 57.2 Å². The second-order valence-electron chi connectivity index (χ2n) is 5.79. The molecule has 0 aliphatic carbocycles. The van der Waals surface area contributed by atoms with E-state index in [1.165, 1.54) is 25.7 Å². The maximum absolute atomic E-state index is 4.67. The lowest BCUT2D eigenvalue weighted by Crippen LogP contribution is -2.36. The normalized spacial score (nSPS) is 19.2. The first-order valence-electron chi connectivity index (χ1n) is 8.09. The van der Waals surface area contributed by atoms with Crippen LogP contribution in [-0.4, -0.2) is 48.2 Å². The van der Waals surface area contributed by atoms with Gasteiger partial charge in [-0.2, -0.15) is 15.0 Å². The van der Waals surface area contributed by atoms with E-state index < -0.39 is 0 Å². The molecule has 2 heterocycles. The first kappa shape index (κ1) is 15.8. The minimum absolute atomic E-state index is 0.541. The lowest BCUT2D eigenvalue weighted by molar-refractivity contribution is 0.547. The van der Waals surface area contributed by atoms with Crippen LogP contribution in [0.4, 0.5) is 17.8 Å². The molecule has 118 valence electrons. The van der Waals surface area contributed by atoms with Crippen LogP contribution in [0.5, 0.6) is 0 Å². The molecule has 1 saturated heterocycles. The van der Waals surface area contributed by atoms with Crippen molar-refractivity contribution >= 4 is 17.8 Å². The van der Waals surface area contributed by atoms with Gasteiger partial charge in [-0.05, 0) is 26.2 Å². The van der Waals surface area contributed by atoms with E-state index in [2.05, 4.69) is 39.0 Å². The summed E-state index contributed by atoms with van der Waals surface area (Å²) in [7, 11) is 3.93. The highest BCUT2D eigenvalue weighted by atomic mass is 15.4. The van der Waals surface area contributed by atoms with Gasteiger partial charge in [0.15, 0.2) is 0 Å². The second-order valence-corrected chi connectivity index (χ2v) is 5.79. The van der Waals surface area contributed by atoms with Gasteiger partial charge in [0.25, 0.3) is 0 Å². The van der Waals surface area contributed by atoms with Crippen LogP contribution in [0.25, 0.3) is 0 Å². The molecule has 1 aliphatic rings. The molecule has 1 aromatic heterocycles. The Hall–Kier alpha value is -1.59. The highest BCUT2D eigenvalue weighted by Gasteiger charge is 2.23. The lowest BCUT2D eigenvalue weighted by Gasteiger charge is -2.30. The monoisotopic (exact) mass is 292 g/mol. The van der Waals surface area contributed by atoms with Gasteiger partial charge in [-0.1, -0.05) is 19.8 Å². The van der Waals surface area contributed by atoms with Gasteiger partial charge < -0.3 is 15.1 Å². The van der Waals surface area contributed by atoms with Gasteiger partial charge in [-0.25, -0.2) is 0 Å². The Bertz CT molecular complexity index is 448. The van der Waals surface area contributed by atoms with E-state index in [-0.39, 0.29) is 0 Å². The molecule has 1 atom stereocenters. The predicted octanol–water partition coefficient (Wildman–Crippen LogP) is 2.53. The molecule has 0 bridgehead atoms. The molecule has 0 radical (unpaired) electrons. The summed E-state index contributed by atoms with van der Waals surface area (Å²) in [5.41, 5.74) is 0. The van der Waals surface area contributed by atoms with Gasteiger partial charge in [-0.15, -0.1) is 0 Å². The minimum atomic E-state index is 0.541. The summed E-state index contributed by atoms with van der Waals surface area (Å²) in [4.78, 5) is 18.1. The third kappa shape index (κ3) is 3.95. The highest BCUT2D eigenvalue weighted by molar-refractivity contribution is 5.45. The van der Waals surface area contributed by atoms with Crippen LogP contribution in [0.2, 0.25) is 0 Å². The van der Waals surface area contributed by atoms with Gasteiger partial charge in [0.05, 0.1) is 0 Å². The Morgan fingerprint density at radius 2 is 1.95 bits per heavy atom. The van der Waals surface area contributed by atoms with Crippen molar-refractivity contribution in [2.24, 2.45) is 0 Å². The number of nitrogens with one attached hydrogen (secondary N) is 1. The van der Waals surface area contributed by atoms with Crippen molar-refractivity contribution in [1.29, 1.82) is 0 Å². The largest absolute Gasteiger partial charge is 0.354 e. The first-order valence-corrected chi connectivity index (χ1v) is 8.09. The quantitative estimate of drug-likeness (QED) is 0.900. The van der Waals surface area contributed by atoms with Gasteiger partial charge in [0.1, 0.15) is 0 Å². The zero-order chi connectivity index (χ0) is 15.2. The molecular formula is C15H28N6. The molecule has 0 amide bonds. The van der Waals surface area contributed by atoms with Crippen molar-refractivity contribution in [2.75, 3.05) is 42.3 Å². The fourth-order valence-corrected chi connectivity index (χ4v) is 2.78. The van der Waals surface area contributed by atoms with E-state index in [1.54, 1.807) is 0 Å². The Balaban J connectivity index is 2.34. The lowest BCUT2D eigenvalue weighted by atomic mass is 10.1. The zero-order valence-electron chi connectivity index (χ0n) is 13.8. The molecule has 6 heteroatoms. The molecule has 0 aromatic carbocycles. The van der Waals surface area contributed by atoms with E-state index in [4.69, 9.17) is 0 Å². The fraction of sp³-hybridized carbons (Fsp3) is 0.800. The number of aromatic nitrogens is 3. The highest BCUT2D eigenvalue weighted by Crippen LogP contribution is 2.25. The zero-order valence-corrected chi connectivity index (χ0v) is 13.8. The van der Waals surface area contributed by atoms with E-state index in [1.807, 2.05) is 19.0 Å². The molecule has 1 fully saturated rings. The molecule has 1 unspecified atom stereocenters. The first-order chi connectivity index (χ1) is 10.2. The standard InChI is InChI=1S/C15H28N6/c1-5-12-10-8-7-9-11-21(12)15-18-13(16-6-2)17-14(19-15)20(3)4/h12H,5-11H2,1-4H3,(H,16,17,18,19). The summed E-state index contributed by atoms with van der Waals surface area (Å²) in [5.74, 6) is 2.21. The van der Waals surface area contributed by atoms with Crippen LogP contribution in [-0.2, 0) is 0 Å². The number of hydrogen-bond acceptors (Lipinski definition) is 6. The van der Waals surface area contributed by atoms with Crippen LogP contribution in [0, 0.1) is 0 Å². The van der Waals surface area contributed by atoms with Gasteiger partial charge in [-0.3, -0.25) is 0 Å². The van der Waals surface area contributed by atoms with Gasteiger partial charge >= 0.3 is 0 Å². The number of anilines is 3. The molecule has 21 heavy (non-hydrogen) atoms. The van der Waals surface area contributed by atoms with Crippen LogP contribution in [0.1, 0.15) is 46.0 Å². The van der Waals surface area contributed by atoms with Crippen LogP contribution in [0.15, 0.2) is 0 Å². The third-order valence-electron chi connectivity index (χ3n) is 3.95. The maximum atomic E-state index is 4.67. The number of rotatable bonds is 5. The van der Waals surface area contributed by atoms with Crippen molar-refractivity contribution in [1.82, 2.24) is 15.0 Å². The summed E-state index contributed by atoms with van der Waals surface area (Å²) in [6, 6.07) is 0.541. The molecule has 6 nitrogen and oxygen atoms in total. The Labute approximate surface area is 128 Å². The van der Waals surface area contributed by atoms with Crippen LogP contribution in [0.3, 0.4) is 0 Å². The summed E-state index contributed by atoms with van der Waals surface area (Å²) in [6.45, 7) is 6.16. The van der Waals surface area contributed by atoms with E-state index >= 15 is 0 Å². The Kier molecular flexibility index (Phi) is 5.59. The molecule has 1 N–H and O–H groups in total. The summed E-state index contributed by atoms with van der Waals surface area (Å²) in [5, 5.41) is 3.22. The maximum Gasteiger partial charge on any atom is 0.232 e. The van der Waals surface area contributed by atoms with Crippen LogP contribution < -0.4 is 15.1 Å². The summed E-state index contributed by atoms with van der Waals surface area (Å²) < 4.78 is 0. The molecule has 1 aliphatic heterocycles. The number of hydrogen-bond donors (Lipinski definition) is 1. The molecule has 2 rings (SSSR count). The van der Waals surface area contributed by atoms with Crippen molar-refractivity contribution in [3.63, 3.8) is 0 Å². The molecule has 0 saturated carbocycles. The summed E-state index contributed by atoms with van der Waals surface area (Å²) in [6.07, 6.45) is 6.20. The van der Waals surface area contributed by atoms with E-state index in [0.29, 0.717) is 12.0 Å². The Morgan fingerprint density at radius 1 is 1.14 bits per heavy atom. The average molecular weight is 292 g/mol. The van der Waals surface area contributed by atoms with Crippen molar-refractivity contribution in [3.05, 3.63) is 0 Å². The van der Waals surface area contributed by atoms with Crippen molar-refractivity contribution in [2.45, 2.75) is 52.0 Å². The van der Waals surface area contributed by atoms with Crippen molar-refractivity contribution in [3.8, 4) is 0 Å². The minimum Gasteiger partial charge on any atom is -0.354 e. The van der Waals surface area contributed by atoms with Crippen LogP contribution >= 0.6 is 0 Å². The predicted molar refractivity (Wildman–Crippen MR) is 88.2 cm³/mol. The fourth-order valence-electron chi connectivity index (χ4n) is 2.78. The Morgan fingerprint density at radius 3 is 2.62 bits per heavy atom. The van der Waals surface area contributed by atoms with Gasteiger partial charge in [0, 0.05) is 33.2 Å². The van der Waals surface area contributed by atoms with Gasteiger partial charge in [0.2, 0.25) is 17.8 Å². The average Bonchev–Trinajstić information content (AvgIpc) is 2.72. The van der Waals surface area contributed by atoms with Crippen molar-refractivity contribution < 1.29 is 0 Å². The molecular weight excluding hydrogens is 264 g/mol. The second kappa shape index (κ2) is 7.43. The molecule has 0 spiro atoms. The third-order valence-corrected chi connectivity index (χ3v) is 3.95. The van der Waals surface area contributed by atoms with E-state index in [9.17, 15) is 0 Å².